The highest BCUT2D eigenvalue weighted by Gasteiger charge is 2.36. The minimum Gasteiger partial charge on any atom is -0.351 e. The van der Waals surface area contributed by atoms with E-state index >= 15 is 0 Å². The van der Waals surface area contributed by atoms with Crippen LogP contribution in [0.25, 0.3) is 5.69 Å². The average Bonchev–Trinajstić information content (AvgIpc) is 3.23. The summed E-state index contributed by atoms with van der Waals surface area (Å²) in [4.78, 5) is 24.4. The molecule has 0 unspecified atom stereocenters. The van der Waals surface area contributed by atoms with Gasteiger partial charge in [-0.1, -0.05) is 30.3 Å². The molecule has 11 heteroatoms. The lowest BCUT2D eigenvalue weighted by atomic mass is 10.2. The summed E-state index contributed by atoms with van der Waals surface area (Å²) in [6.07, 6.45) is -4.78. The van der Waals surface area contributed by atoms with Crippen LogP contribution < -0.4 is 16.4 Å². The Morgan fingerprint density at radius 1 is 1.06 bits per heavy atom. The zero-order valence-electron chi connectivity index (χ0n) is 17.5. The van der Waals surface area contributed by atoms with Gasteiger partial charge in [0.15, 0.2) is 5.69 Å². The van der Waals surface area contributed by atoms with Gasteiger partial charge >= 0.3 is 6.18 Å². The topological polar surface area (TPSA) is 102 Å². The minimum atomic E-state index is -4.78. The van der Waals surface area contributed by atoms with Gasteiger partial charge in [-0.3, -0.25) is 9.59 Å². The number of hydrogen-bond acceptors (Lipinski definition) is 4. The third kappa shape index (κ3) is 5.95. The summed E-state index contributed by atoms with van der Waals surface area (Å²) in [6.45, 7) is 1.37. The van der Waals surface area contributed by atoms with Crippen LogP contribution >= 0.6 is 0 Å². The average molecular weight is 463 g/mol. The Morgan fingerprint density at radius 3 is 2.45 bits per heavy atom. The Morgan fingerprint density at radius 2 is 1.79 bits per heavy atom. The smallest absolute Gasteiger partial charge is 0.351 e. The number of alkyl halides is 3. The molecule has 0 aliphatic rings. The van der Waals surface area contributed by atoms with E-state index in [1.807, 2.05) is 0 Å². The number of rotatable bonds is 7. The largest absolute Gasteiger partial charge is 0.435 e. The molecule has 2 aromatic carbocycles. The van der Waals surface area contributed by atoms with Crippen LogP contribution in [0.2, 0.25) is 0 Å². The Kier molecular flexibility index (Phi) is 7.12. The summed E-state index contributed by atoms with van der Waals surface area (Å²) in [5.41, 5.74) is 4.78. The van der Waals surface area contributed by atoms with E-state index in [2.05, 4.69) is 15.7 Å². The first-order valence-corrected chi connectivity index (χ1v) is 9.87. The lowest BCUT2D eigenvalue weighted by molar-refractivity contribution is -0.141. The number of carbonyl (C=O) groups excluding carboxylic acids is 2. The molecule has 33 heavy (non-hydrogen) atoms. The molecular weight excluding hydrogens is 442 g/mol. The summed E-state index contributed by atoms with van der Waals surface area (Å²) < 4.78 is 54.6. The van der Waals surface area contributed by atoms with Crippen molar-refractivity contribution in [3.05, 3.63) is 82.9 Å². The van der Waals surface area contributed by atoms with Gasteiger partial charge in [-0.05, 0) is 30.7 Å². The molecule has 0 radical (unpaired) electrons. The molecule has 0 aliphatic carbocycles. The van der Waals surface area contributed by atoms with E-state index < -0.39 is 35.5 Å². The molecule has 0 bridgehead atoms. The van der Waals surface area contributed by atoms with Crippen LogP contribution in [0.15, 0.2) is 54.6 Å². The van der Waals surface area contributed by atoms with E-state index in [0.29, 0.717) is 11.6 Å². The quantitative estimate of drug-likeness (QED) is 0.469. The number of nitrogens with zero attached hydrogens (tertiary/aromatic N) is 2. The predicted molar refractivity (Wildman–Crippen MR) is 112 cm³/mol. The fraction of sp³-hybridized carbons (Fsp3) is 0.227. The van der Waals surface area contributed by atoms with E-state index in [0.717, 1.165) is 4.68 Å². The first kappa shape index (κ1) is 23.9. The molecule has 2 amide bonds. The van der Waals surface area contributed by atoms with Crippen molar-refractivity contribution in [3.63, 3.8) is 0 Å². The Bertz CT molecular complexity index is 1160. The first-order chi connectivity index (χ1) is 15.6. The number of nitrogens with one attached hydrogen (secondary N) is 2. The van der Waals surface area contributed by atoms with Gasteiger partial charge < -0.3 is 16.4 Å². The molecule has 0 spiro atoms. The number of aromatic nitrogens is 2. The number of benzene rings is 2. The normalized spacial score (nSPS) is 12.3. The number of carbonyl (C=O) groups is 2. The van der Waals surface area contributed by atoms with Crippen LogP contribution in [0.4, 0.5) is 17.6 Å². The predicted octanol–water partition coefficient (Wildman–Crippen LogP) is 2.92. The lowest BCUT2D eigenvalue weighted by Crippen LogP contribution is -2.37. The third-order valence-corrected chi connectivity index (χ3v) is 4.67. The Labute approximate surface area is 186 Å². The second-order valence-electron chi connectivity index (χ2n) is 7.27. The van der Waals surface area contributed by atoms with Gasteiger partial charge in [-0.2, -0.15) is 18.3 Å². The highest BCUT2D eigenvalue weighted by molar-refractivity contribution is 5.93. The standard InChI is InChI=1S/C22H21F4N5O2/c1-13(27)20(32)28-11-14-5-4-7-16(9-14)31-18(10-19(30-31)22(24,25)26)21(33)29-12-15-6-2-3-8-17(15)23/h2-10,13H,11-12,27H2,1H3,(H,28,32)(H,29,33)/t13-/m0/s1. The molecule has 0 fully saturated rings. The van der Waals surface area contributed by atoms with Crippen LogP contribution in [0.1, 0.15) is 34.2 Å². The van der Waals surface area contributed by atoms with Crippen molar-refractivity contribution in [3.8, 4) is 5.69 Å². The molecule has 0 saturated carbocycles. The molecule has 3 rings (SSSR count). The zero-order valence-corrected chi connectivity index (χ0v) is 17.5. The fourth-order valence-electron chi connectivity index (χ4n) is 2.93. The highest BCUT2D eigenvalue weighted by atomic mass is 19.4. The summed E-state index contributed by atoms with van der Waals surface area (Å²) in [5.74, 6) is -1.81. The van der Waals surface area contributed by atoms with Crippen molar-refractivity contribution in [2.24, 2.45) is 5.73 Å². The molecular formula is C22H21F4N5O2. The van der Waals surface area contributed by atoms with Gasteiger partial charge in [0.25, 0.3) is 5.91 Å². The maximum Gasteiger partial charge on any atom is 0.435 e. The molecule has 3 aromatic rings. The van der Waals surface area contributed by atoms with Crippen LogP contribution in [-0.2, 0) is 24.1 Å². The summed E-state index contributed by atoms with van der Waals surface area (Å²) >= 11 is 0. The van der Waals surface area contributed by atoms with Crippen molar-refractivity contribution >= 4 is 11.8 Å². The Balaban J connectivity index is 1.89. The van der Waals surface area contributed by atoms with Crippen molar-refractivity contribution in [1.82, 2.24) is 20.4 Å². The van der Waals surface area contributed by atoms with Gasteiger partial charge in [-0.15, -0.1) is 0 Å². The van der Waals surface area contributed by atoms with Crippen LogP contribution in [0, 0.1) is 5.82 Å². The van der Waals surface area contributed by atoms with Gasteiger partial charge in [0.2, 0.25) is 5.91 Å². The summed E-state index contributed by atoms with van der Waals surface area (Å²) in [7, 11) is 0. The molecule has 7 nitrogen and oxygen atoms in total. The highest BCUT2D eigenvalue weighted by Crippen LogP contribution is 2.29. The second kappa shape index (κ2) is 9.82. The lowest BCUT2D eigenvalue weighted by Gasteiger charge is -2.11. The maximum absolute atomic E-state index is 13.8. The van der Waals surface area contributed by atoms with Crippen LogP contribution in [-0.4, -0.2) is 27.6 Å². The van der Waals surface area contributed by atoms with E-state index in [1.54, 1.807) is 18.2 Å². The zero-order chi connectivity index (χ0) is 24.2. The van der Waals surface area contributed by atoms with Crippen molar-refractivity contribution < 1.29 is 27.2 Å². The van der Waals surface area contributed by atoms with E-state index in [9.17, 15) is 27.2 Å². The molecule has 1 heterocycles. The molecule has 4 N–H and O–H groups in total. The van der Waals surface area contributed by atoms with Gasteiger partial charge in [-0.25, -0.2) is 9.07 Å². The molecule has 174 valence electrons. The van der Waals surface area contributed by atoms with Crippen molar-refractivity contribution in [2.45, 2.75) is 32.2 Å². The number of halogens is 4. The summed E-state index contributed by atoms with van der Waals surface area (Å²) in [5, 5.41) is 8.58. The monoisotopic (exact) mass is 463 g/mol. The maximum atomic E-state index is 13.8. The number of amides is 2. The Hall–Kier alpha value is -3.73. The number of nitrogens with two attached hydrogens (primary N) is 1. The van der Waals surface area contributed by atoms with E-state index in [1.165, 1.54) is 37.3 Å². The molecule has 1 atom stereocenters. The van der Waals surface area contributed by atoms with Gasteiger partial charge in [0.1, 0.15) is 11.5 Å². The van der Waals surface area contributed by atoms with Crippen molar-refractivity contribution in [2.75, 3.05) is 0 Å². The fourth-order valence-corrected chi connectivity index (χ4v) is 2.93. The second-order valence-corrected chi connectivity index (χ2v) is 7.27. The first-order valence-electron chi connectivity index (χ1n) is 9.87. The number of hydrogen-bond donors (Lipinski definition) is 3. The summed E-state index contributed by atoms with van der Waals surface area (Å²) in [6, 6.07) is 11.8. The SMILES string of the molecule is C[C@H](N)C(=O)NCc1cccc(-n2nc(C(F)(F)F)cc2C(=O)NCc2ccccc2F)c1. The van der Waals surface area contributed by atoms with Gasteiger partial charge in [0.05, 0.1) is 11.7 Å². The van der Waals surface area contributed by atoms with E-state index in [-0.39, 0.29) is 30.0 Å². The van der Waals surface area contributed by atoms with Crippen LogP contribution in [0.3, 0.4) is 0 Å². The molecule has 0 saturated heterocycles. The van der Waals surface area contributed by atoms with Crippen molar-refractivity contribution in [1.29, 1.82) is 0 Å². The molecule has 1 aromatic heterocycles. The minimum absolute atomic E-state index is 0.0798. The van der Waals surface area contributed by atoms with Crippen LogP contribution in [0.5, 0.6) is 0 Å². The molecule has 0 aliphatic heterocycles. The third-order valence-electron chi connectivity index (χ3n) is 4.67. The van der Waals surface area contributed by atoms with E-state index in [4.69, 9.17) is 5.73 Å². The van der Waals surface area contributed by atoms with Gasteiger partial charge in [0, 0.05) is 24.7 Å².